The van der Waals surface area contributed by atoms with Crippen LogP contribution in [0, 0.1) is 60.7 Å². The highest BCUT2D eigenvalue weighted by atomic mass is 16.6. The van der Waals surface area contributed by atoms with Crippen molar-refractivity contribution in [3.05, 3.63) is 168 Å². The van der Waals surface area contributed by atoms with Gasteiger partial charge >= 0.3 is 17.1 Å². The molecule has 0 saturated carbocycles. The van der Waals surface area contributed by atoms with Crippen molar-refractivity contribution in [1.29, 1.82) is 0 Å². The summed E-state index contributed by atoms with van der Waals surface area (Å²) in [5, 5.41) is 101. The minimum absolute atomic E-state index is 0.0394. The second kappa shape index (κ2) is 49.7. The molecule has 0 aromatic heterocycles. The second-order valence-electron chi connectivity index (χ2n) is 29.5. The van der Waals surface area contributed by atoms with Crippen LogP contribution in [-0.2, 0) is 0 Å². The number of unbranched alkanes of at least 4 members (excludes halogenated alkanes) is 30. The van der Waals surface area contributed by atoms with Gasteiger partial charge < -0.3 is 31.9 Å². The molecular formula is C84H120N18O12. The number of hydrogen-bond acceptors (Lipinski definition) is 24. The van der Waals surface area contributed by atoms with Crippen molar-refractivity contribution in [2.75, 3.05) is 55.2 Å². The topological polar surface area (TPSA) is 405 Å². The summed E-state index contributed by atoms with van der Waals surface area (Å²) in [7, 11) is 0. The Morgan fingerprint density at radius 1 is 0.281 bits per heavy atom. The first kappa shape index (κ1) is 90.5. The Balaban J connectivity index is 1.62. The number of anilines is 3. The summed E-state index contributed by atoms with van der Waals surface area (Å²) in [5.41, 5.74) is -4.21. The zero-order valence-electron chi connectivity index (χ0n) is 67.9. The van der Waals surface area contributed by atoms with Gasteiger partial charge in [-0.3, -0.25) is 75.7 Å². The van der Waals surface area contributed by atoms with Gasteiger partial charge in [-0.25, -0.2) is 15.0 Å². The van der Waals surface area contributed by atoms with Crippen LogP contribution in [0.4, 0.5) is 68.2 Å². The Labute approximate surface area is 670 Å². The molecule has 0 spiro atoms. The molecule has 618 valence electrons. The number of fused-ring (bicyclic) bond motifs is 9. The van der Waals surface area contributed by atoms with Gasteiger partial charge in [-0.2, -0.15) is 0 Å². The van der Waals surface area contributed by atoms with Crippen molar-refractivity contribution >= 4 is 103 Å². The third kappa shape index (κ3) is 29.1. The predicted octanol–water partition coefficient (Wildman–Crippen LogP) is 22.6. The fraction of sp³-hybridized carbons (Fsp3) is 0.571. The maximum absolute atomic E-state index is 13.5. The van der Waals surface area contributed by atoms with Crippen LogP contribution < -0.4 is 31.9 Å². The quantitative estimate of drug-likeness (QED) is 0.0132. The lowest BCUT2D eigenvalue weighted by atomic mass is 10.0. The van der Waals surface area contributed by atoms with E-state index >= 15 is 0 Å². The van der Waals surface area contributed by atoms with E-state index in [9.17, 15) is 60.7 Å². The van der Waals surface area contributed by atoms with E-state index in [2.05, 4.69) is 73.4 Å². The first-order valence-corrected chi connectivity index (χ1v) is 42.0. The molecule has 3 aromatic carbocycles. The molecule has 0 amide bonds. The summed E-state index contributed by atoms with van der Waals surface area (Å²) in [6, 6.07) is 5.90. The Bertz CT molecular complexity index is 3780. The van der Waals surface area contributed by atoms with Crippen LogP contribution in [0.2, 0.25) is 0 Å². The SMILES string of the molecule is CCCCCCCCN=C1C=C(NCCCCCCCC)C2=Nc3cc(c([N+](=O)[O-])cc3[N+](=O)[O-])NC3=CC(=Nc4cc(c([N+](=O)[O-])cc4[N+](=O)[O-])NC4=CC(=Nc5cc(c([N+](=O)[O-])cc5[N+](=O)[O-])NC1=C2)C(NCCCCCCCC)=CC4=NCCCCCCCC)C(NCCCCCCCC)=CC3=NCCCCCCCC. The fourth-order valence-corrected chi connectivity index (χ4v) is 13.8. The number of allylic oxidation sites excluding steroid dienone is 6. The maximum atomic E-state index is 13.5. The minimum atomic E-state index is -0.789. The van der Waals surface area contributed by atoms with Gasteiger partial charge in [0.1, 0.15) is 34.1 Å². The first-order chi connectivity index (χ1) is 55.3. The van der Waals surface area contributed by atoms with Crippen LogP contribution in [0.1, 0.15) is 273 Å². The van der Waals surface area contributed by atoms with Gasteiger partial charge in [0.15, 0.2) is 0 Å². The van der Waals surface area contributed by atoms with Gasteiger partial charge in [0, 0.05) is 57.5 Å². The van der Waals surface area contributed by atoms with E-state index in [0.29, 0.717) is 94.9 Å². The van der Waals surface area contributed by atoms with Gasteiger partial charge in [0.25, 0.3) is 17.1 Å². The number of nitro benzene ring substituents is 6. The molecule has 0 unspecified atom stereocenters. The molecule has 12 bridgehead atoms. The monoisotopic (exact) mass is 1570 g/mol. The van der Waals surface area contributed by atoms with Crippen LogP contribution in [0.15, 0.2) is 137 Å². The van der Waals surface area contributed by atoms with Crippen LogP contribution in [0.3, 0.4) is 0 Å². The van der Waals surface area contributed by atoms with Crippen molar-refractivity contribution in [1.82, 2.24) is 16.0 Å². The summed E-state index contributed by atoms with van der Waals surface area (Å²) < 4.78 is 0. The number of rotatable bonds is 51. The normalized spacial score (nSPS) is 15.1. The maximum Gasteiger partial charge on any atom is 0.301 e. The average molecular weight is 1570 g/mol. The lowest BCUT2D eigenvalue weighted by Gasteiger charge is -2.22. The highest BCUT2D eigenvalue weighted by Gasteiger charge is 2.34. The number of nitrogens with zero attached hydrogens (tertiary/aromatic N) is 12. The third-order valence-corrected chi connectivity index (χ3v) is 20.3. The highest BCUT2D eigenvalue weighted by molar-refractivity contribution is 6.27. The van der Waals surface area contributed by atoms with Gasteiger partial charge in [0.05, 0.1) is 116 Å². The lowest BCUT2D eigenvalue weighted by Crippen LogP contribution is -2.28. The van der Waals surface area contributed by atoms with E-state index in [-0.39, 0.29) is 85.5 Å². The lowest BCUT2D eigenvalue weighted by molar-refractivity contribution is -0.393. The molecule has 0 fully saturated rings. The van der Waals surface area contributed by atoms with E-state index < -0.39 is 63.7 Å². The smallest absolute Gasteiger partial charge is 0.301 e. The Morgan fingerprint density at radius 3 is 0.711 bits per heavy atom. The van der Waals surface area contributed by atoms with Crippen LogP contribution in [0.5, 0.6) is 0 Å². The summed E-state index contributed by atoms with van der Waals surface area (Å²) >= 11 is 0. The van der Waals surface area contributed by atoms with Crippen molar-refractivity contribution in [2.45, 2.75) is 273 Å². The number of benzene rings is 3. The summed E-state index contributed by atoms with van der Waals surface area (Å²) in [5.74, 6) is 0. The van der Waals surface area contributed by atoms with E-state index in [1.54, 1.807) is 18.2 Å². The minimum Gasteiger partial charge on any atom is -0.383 e. The molecule has 114 heavy (non-hydrogen) atoms. The third-order valence-electron chi connectivity index (χ3n) is 20.3. The molecule has 1 heterocycles. The largest absolute Gasteiger partial charge is 0.383 e. The van der Waals surface area contributed by atoms with Crippen molar-refractivity contribution in [3.63, 3.8) is 0 Å². The average Bonchev–Trinajstić information content (AvgIpc) is 0.784. The molecule has 3 aromatic rings. The summed E-state index contributed by atoms with van der Waals surface area (Å²) in [6.07, 6.45) is 43.5. The number of aliphatic imine (C=N–C) groups is 6. The second-order valence-corrected chi connectivity index (χ2v) is 29.5. The van der Waals surface area contributed by atoms with Crippen LogP contribution in [-0.4, -0.2) is 103 Å². The van der Waals surface area contributed by atoms with Crippen molar-refractivity contribution < 1.29 is 29.5 Å². The van der Waals surface area contributed by atoms with E-state index in [0.717, 1.165) is 211 Å². The first-order valence-electron chi connectivity index (χ1n) is 42.0. The zero-order chi connectivity index (χ0) is 82.0. The van der Waals surface area contributed by atoms with Gasteiger partial charge in [-0.1, -0.05) is 234 Å². The van der Waals surface area contributed by atoms with E-state index in [4.69, 9.17) is 30.0 Å². The molecule has 0 radical (unpaired) electrons. The standard InChI is InChI=1S/C84H120N18O12/c1-7-13-19-25-31-37-43-85-61-49-62(86-44-38-32-26-20-14-8-2)68-52-67(61)91-73-55-74(80(98(105)106)58-79(73)97(103)104)93-69-53-70(64(88-46-40-34-28-22-16-10-4)50-63(69)87-45-39-33-27-21-15-9-3)95-77-57-78(84(102(113)114)60-83(77)101(111)112)96-72-54-71(94-76-56-75(92-68)81(99(107)108)59-82(76)100(109)110)65(89-47-41-35-29-23-17-11-5)51-66(72)90-48-42-36-30-24-18-12-6/h49-60,85,88-89,92-93,96H,7-48H2,1-6H3. The molecule has 6 N–H and O–H groups in total. The number of nitro groups is 6. The van der Waals surface area contributed by atoms with E-state index in [1.807, 2.05) is 0 Å². The molecule has 0 atom stereocenters. The number of hydrogen-bond donors (Lipinski definition) is 6. The molecule has 1 aliphatic heterocycles. The van der Waals surface area contributed by atoms with Crippen molar-refractivity contribution in [2.24, 2.45) is 30.0 Å². The Morgan fingerprint density at radius 2 is 0.491 bits per heavy atom. The molecule has 3 aliphatic carbocycles. The summed E-state index contributed by atoms with van der Waals surface area (Å²) in [6.45, 7) is 14.9. The molecule has 0 saturated heterocycles. The molecule has 30 heteroatoms. The predicted molar refractivity (Wildman–Crippen MR) is 461 cm³/mol. The number of nitrogens with one attached hydrogen (secondary N) is 6. The molecule has 30 nitrogen and oxygen atoms in total. The molecular weight excluding hydrogens is 1450 g/mol. The van der Waals surface area contributed by atoms with Crippen molar-refractivity contribution in [3.8, 4) is 0 Å². The van der Waals surface area contributed by atoms with Gasteiger partial charge in [-0.15, -0.1) is 0 Å². The van der Waals surface area contributed by atoms with Gasteiger partial charge in [-0.05, 0) is 75.0 Å². The van der Waals surface area contributed by atoms with E-state index in [1.165, 1.54) is 36.4 Å². The fourth-order valence-electron chi connectivity index (χ4n) is 13.8. The Kier molecular flexibility index (Phi) is 39.5. The zero-order valence-corrected chi connectivity index (χ0v) is 67.9. The highest BCUT2D eigenvalue weighted by Crippen LogP contribution is 2.44. The molecule has 7 rings (SSSR count). The van der Waals surface area contributed by atoms with Crippen LogP contribution >= 0.6 is 0 Å². The summed E-state index contributed by atoms with van der Waals surface area (Å²) in [4.78, 5) is 107. The van der Waals surface area contributed by atoms with Gasteiger partial charge in [0.2, 0.25) is 0 Å². The Hall–Kier alpha value is -10.7. The van der Waals surface area contributed by atoms with Crippen LogP contribution in [0.25, 0.3) is 0 Å². The molecule has 4 aliphatic rings.